The van der Waals surface area contributed by atoms with Crippen molar-refractivity contribution in [1.29, 1.82) is 0 Å². The summed E-state index contributed by atoms with van der Waals surface area (Å²) in [5, 5.41) is 7.30. The van der Waals surface area contributed by atoms with Gasteiger partial charge in [-0.05, 0) is 43.7 Å². The average Bonchev–Trinajstić information content (AvgIpc) is 2.77. The molecule has 1 amide bonds. The van der Waals surface area contributed by atoms with Gasteiger partial charge in [-0.15, -0.1) is 0 Å². The lowest BCUT2D eigenvalue weighted by Gasteiger charge is -2.17. The molecule has 30 heavy (non-hydrogen) atoms. The number of amides is 1. The summed E-state index contributed by atoms with van der Waals surface area (Å²) < 4.78 is 11.7. The Balaban J connectivity index is 1.86. The highest BCUT2D eigenvalue weighted by atomic mass is 16.5. The van der Waals surface area contributed by atoms with Gasteiger partial charge in [-0.3, -0.25) is 9.59 Å². The lowest BCUT2D eigenvalue weighted by atomic mass is 10.1. The van der Waals surface area contributed by atoms with E-state index in [1.807, 2.05) is 43.3 Å². The maximum absolute atomic E-state index is 12.7. The van der Waals surface area contributed by atoms with Gasteiger partial charge >= 0.3 is 0 Å². The molecule has 0 radical (unpaired) electrons. The summed E-state index contributed by atoms with van der Waals surface area (Å²) in [6.07, 6.45) is 0. The number of methoxy groups -OCH3 is 2. The fourth-order valence-electron chi connectivity index (χ4n) is 3.10. The van der Waals surface area contributed by atoms with Crippen LogP contribution in [-0.2, 0) is 11.3 Å². The Bertz CT molecular complexity index is 1090. The maximum Gasteiger partial charge on any atom is 0.271 e. The van der Waals surface area contributed by atoms with E-state index < -0.39 is 11.6 Å². The zero-order chi connectivity index (χ0) is 21.7. The highest BCUT2D eigenvalue weighted by molar-refractivity contribution is 5.79. The molecular formula is C23H25N3O4. The van der Waals surface area contributed by atoms with Crippen LogP contribution in [0.1, 0.15) is 24.1 Å². The van der Waals surface area contributed by atoms with E-state index in [0.717, 1.165) is 16.7 Å². The number of ether oxygens (including phenoxy) is 2. The first kappa shape index (κ1) is 21.1. The van der Waals surface area contributed by atoms with Crippen LogP contribution in [0, 0.1) is 6.92 Å². The number of hydrogen-bond donors (Lipinski definition) is 1. The predicted octanol–water partition coefficient (Wildman–Crippen LogP) is 3.11. The number of rotatable bonds is 7. The van der Waals surface area contributed by atoms with Crippen LogP contribution in [0.3, 0.4) is 0 Å². The minimum absolute atomic E-state index is 0.294. The van der Waals surface area contributed by atoms with Crippen LogP contribution in [0.5, 0.6) is 11.5 Å². The maximum atomic E-state index is 12.7. The quantitative estimate of drug-likeness (QED) is 0.651. The molecule has 3 aromatic rings. The van der Waals surface area contributed by atoms with E-state index in [1.165, 1.54) is 17.9 Å². The zero-order valence-electron chi connectivity index (χ0n) is 17.5. The summed E-state index contributed by atoms with van der Waals surface area (Å²) in [5.74, 6) is 0.751. The Labute approximate surface area is 175 Å². The molecule has 0 fully saturated rings. The Kier molecular flexibility index (Phi) is 6.51. The molecule has 1 heterocycles. The summed E-state index contributed by atoms with van der Waals surface area (Å²) >= 11 is 0. The number of carbonyl (C=O) groups is 1. The van der Waals surface area contributed by atoms with Gasteiger partial charge in [0, 0.05) is 18.2 Å². The molecule has 0 aliphatic heterocycles. The number of nitrogens with zero attached hydrogens (tertiary/aromatic N) is 2. The summed E-state index contributed by atoms with van der Waals surface area (Å²) in [5.41, 5.74) is 2.91. The van der Waals surface area contributed by atoms with E-state index in [9.17, 15) is 9.59 Å². The molecule has 0 aliphatic rings. The van der Waals surface area contributed by atoms with Crippen LogP contribution in [0.15, 0.2) is 59.4 Å². The summed E-state index contributed by atoms with van der Waals surface area (Å²) in [4.78, 5) is 25.2. The Morgan fingerprint density at radius 1 is 1.10 bits per heavy atom. The van der Waals surface area contributed by atoms with E-state index >= 15 is 0 Å². The number of benzene rings is 2. The normalized spacial score (nSPS) is 11.6. The largest absolute Gasteiger partial charge is 0.497 e. The van der Waals surface area contributed by atoms with Crippen LogP contribution in [0.4, 0.5) is 0 Å². The topological polar surface area (TPSA) is 82.5 Å². The molecule has 0 bridgehead atoms. The van der Waals surface area contributed by atoms with Gasteiger partial charge < -0.3 is 14.8 Å². The van der Waals surface area contributed by atoms with Crippen LogP contribution in [0.2, 0.25) is 0 Å². The molecule has 1 unspecified atom stereocenters. The number of carbonyl (C=O) groups excluding carboxylic acids is 1. The zero-order valence-corrected chi connectivity index (χ0v) is 17.5. The van der Waals surface area contributed by atoms with Gasteiger partial charge in [0.2, 0.25) is 5.91 Å². The molecule has 0 aliphatic carbocycles. The van der Waals surface area contributed by atoms with Gasteiger partial charge in [-0.1, -0.05) is 29.8 Å². The molecule has 3 rings (SSSR count). The van der Waals surface area contributed by atoms with Crippen molar-refractivity contribution in [3.05, 3.63) is 76.1 Å². The minimum atomic E-state index is -0.787. The molecule has 0 saturated heterocycles. The SMILES string of the molecule is COc1ccc(-c2nn(C(C)C(=O)NCc3cccc(C)c3)c(=O)cc2OC)cc1. The van der Waals surface area contributed by atoms with Gasteiger partial charge in [-0.2, -0.15) is 5.10 Å². The molecule has 156 valence electrons. The number of hydrogen-bond acceptors (Lipinski definition) is 5. The molecule has 7 heteroatoms. The highest BCUT2D eigenvalue weighted by Gasteiger charge is 2.20. The number of nitrogens with one attached hydrogen (secondary N) is 1. The summed E-state index contributed by atoms with van der Waals surface area (Å²) in [6.45, 7) is 4.01. The molecule has 0 saturated carbocycles. The third kappa shape index (κ3) is 4.68. The Morgan fingerprint density at radius 3 is 2.47 bits per heavy atom. The fourth-order valence-corrected chi connectivity index (χ4v) is 3.10. The first-order valence-corrected chi connectivity index (χ1v) is 9.58. The van der Waals surface area contributed by atoms with Gasteiger partial charge in [0.05, 0.1) is 14.2 Å². The minimum Gasteiger partial charge on any atom is -0.497 e. The Hall–Kier alpha value is -3.61. The predicted molar refractivity (Wildman–Crippen MR) is 115 cm³/mol. The third-order valence-electron chi connectivity index (χ3n) is 4.80. The van der Waals surface area contributed by atoms with Gasteiger partial charge in [0.1, 0.15) is 17.5 Å². The first-order valence-electron chi connectivity index (χ1n) is 9.58. The van der Waals surface area contributed by atoms with Crippen molar-refractivity contribution in [2.75, 3.05) is 14.2 Å². The standard InChI is InChI=1S/C23H25N3O4/c1-15-6-5-7-17(12-15)14-24-23(28)16(2)26-21(27)13-20(30-4)22(25-26)18-8-10-19(29-3)11-9-18/h5-13,16H,14H2,1-4H3,(H,24,28). The van der Waals surface area contributed by atoms with Crippen LogP contribution >= 0.6 is 0 Å². The van der Waals surface area contributed by atoms with Crippen molar-refractivity contribution < 1.29 is 14.3 Å². The second-order valence-corrected chi connectivity index (χ2v) is 6.96. The van der Waals surface area contributed by atoms with Crippen LogP contribution < -0.4 is 20.3 Å². The second kappa shape index (κ2) is 9.26. The van der Waals surface area contributed by atoms with E-state index in [2.05, 4.69) is 10.4 Å². The summed E-state index contributed by atoms with van der Waals surface area (Å²) in [6, 6.07) is 15.7. The van der Waals surface area contributed by atoms with Crippen molar-refractivity contribution in [1.82, 2.24) is 15.1 Å². The van der Waals surface area contributed by atoms with Crippen LogP contribution in [-0.4, -0.2) is 29.9 Å². The van der Waals surface area contributed by atoms with Crippen LogP contribution in [0.25, 0.3) is 11.3 Å². The molecule has 1 N–H and O–H groups in total. The number of aryl methyl sites for hydroxylation is 1. The van der Waals surface area contributed by atoms with Gasteiger partial charge in [0.25, 0.3) is 5.56 Å². The van der Waals surface area contributed by atoms with E-state index in [1.54, 1.807) is 26.2 Å². The van der Waals surface area contributed by atoms with Crippen molar-refractivity contribution in [2.45, 2.75) is 26.4 Å². The molecular weight excluding hydrogens is 382 g/mol. The molecule has 1 atom stereocenters. The van der Waals surface area contributed by atoms with E-state index in [-0.39, 0.29) is 5.91 Å². The lowest BCUT2D eigenvalue weighted by Crippen LogP contribution is -2.37. The van der Waals surface area contributed by atoms with Crippen molar-refractivity contribution in [3.8, 4) is 22.8 Å². The molecule has 2 aromatic carbocycles. The number of aromatic nitrogens is 2. The lowest BCUT2D eigenvalue weighted by molar-refractivity contribution is -0.124. The second-order valence-electron chi connectivity index (χ2n) is 6.96. The average molecular weight is 407 g/mol. The van der Waals surface area contributed by atoms with E-state index in [4.69, 9.17) is 9.47 Å². The van der Waals surface area contributed by atoms with Gasteiger partial charge in [0.15, 0.2) is 5.75 Å². The summed E-state index contributed by atoms with van der Waals surface area (Å²) in [7, 11) is 3.07. The molecule has 7 nitrogen and oxygen atoms in total. The van der Waals surface area contributed by atoms with Gasteiger partial charge in [-0.25, -0.2) is 4.68 Å². The highest BCUT2D eigenvalue weighted by Crippen LogP contribution is 2.28. The first-order chi connectivity index (χ1) is 14.4. The van der Waals surface area contributed by atoms with Crippen molar-refractivity contribution >= 4 is 5.91 Å². The fraction of sp³-hybridized carbons (Fsp3) is 0.261. The van der Waals surface area contributed by atoms with E-state index in [0.29, 0.717) is 23.7 Å². The Morgan fingerprint density at radius 2 is 1.83 bits per heavy atom. The third-order valence-corrected chi connectivity index (χ3v) is 4.80. The monoisotopic (exact) mass is 407 g/mol. The smallest absolute Gasteiger partial charge is 0.271 e. The molecule has 0 spiro atoms. The van der Waals surface area contributed by atoms with Crippen molar-refractivity contribution in [2.24, 2.45) is 0 Å². The molecule has 1 aromatic heterocycles. The van der Waals surface area contributed by atoms with Crippen molar-refractivity contribution in [3.63, 3.8) is 0 Å².